The van der Waals surface area contributed by atoms with Gasteiger partial charge < -0.3 is 24.6 Å². The van der Waals surface area contributed by atoms with Gasteiger partial charge in [-0.15, -0.1) is 0 Å². The molecule has 0 radical (unpaired) electrons. The molecule has 1 aliphatic heterocycles. The number of benzene rings is 2. The highest BCUT2D eigenvalue weighted by molar-refractivity contribution is 7.80. The first-order valence-corrected chi connectivity index (χ1v) is 11.6. The fraction of sp³-hybridized carbons (Fsp3) is 0.115. The number of halogens is 1. The summed E-state index contributed by atoms with van der Waals surface area (Å²) >= 11 is 12.0. The molecular formula is C26H21ClN4O3S. The number of phenols is 1. The van der Waals surface area contributed by atoms with Crippen molar-refractivity contribution in [2.45, 2.75) is 12.1 Å². The Morgan fingerprint density at radius 3 is 2.74 bits per heavy atom. The number of ether oxygens (including phenoxy) is 1. The smallest absolute Gasteiger partial charge is 0.337 e. The highest BCUT2D eigenvalue weighted by atomic mass is 35.5. The van der Waals surface area contributed by atoms with Gasteiger partial charge in [0.1, 0.15) is 11.8 Å². The number of thiocarbonyl (C=S) groups is 1. The van der Waals surface area contributed by atoms with Crippen molar-refractivity contribution in [3.05, 3.63) is 107 Å². The van der Waals surface area contributed by atoms with E-state index >= 15 is 0 Å². The molecule has 0 spiro atoms. The first-order chi connectivity index (χ1) is 17.0. The first kappa shape index (κ1) is 22.9. The quantitative estimate of drug-likeness (QED) is 0.286. The second-order valence-electron chi connectivity index (χ2n) is 7.97. The second-order valence-corrected chi connectivity index (χ2v) is 8.80. The Labute approximate surface area is 212 Å². The van der Waals surface area contributed by atoms with Crippen LogP contribution in [0.5, 0.6) is 5.75 Å². The van der Waals surface area contributed by atoms with Crippen molar-refractivity contribution in [3.8, 4) is 11.4 Å². The SMILES string of the molecule is COC(=O)c1cccc(-n2cccc2[C@H]2[C@@H](c3ccccn3)NC(=S)N2c2cc(Cl)ccc2O)c1. The van der Waals surface area contributed by atoms with Gasteiger partial charge in [0.05, 0.1) is 30.1 Å². The number of hydrogen-bond acceptors (Lipinski definition) is 5. The van der Waals surface area contributed by atoms with E-state index in [1.54, 1.807) is 42.6 Å². The van der Waals surface area contributed by atoms with Crippen LogP contribution in [-0.2, 0) is 4.74 Å². The zero-order valence-corrected chi connectivity index (χ0v) is 20.2. The Hall–Kier alpha value is -3.88. The number of aromatic hydroxyl groups is 1. The normalized spacial score (nSPS) is 17.3. The van der Waals surface area contributed by atoms with Crippen LogP contribution in [0.25, 0.3) is 5.69 Å². The molecule has 0 saturated carbocycles. The molecule has 1 fully saturated rings. The average molecular weight is 505 g/mol. The van der Waals surface area contributed by atoms with Gasteiger partial charge in [-0.2, -0.15) is 0 Å². The van der Waals surface area contributed by atoms with Gasteiger partial charge in [0.15, 0.2) is 5.11 Å². The van der Waals surface area contributed by atoms with E-state index in [1.165, 1.54) is 7.11 Å². The lowest BCUT2D eigenvalue weighted by Gasteiger charge is -2.29. The highest BCUT2D eigenvalue weighted by Gasteiger charge is 2.43. The number of anilines is 1. The Balaban J connectivity index is 1.68. The summed E-state index contributed by atoms with van der Waals surface area (Å²) in [7, 11) is 1.36. The molecule has 176 valence electrons. The number of rotatable bonds is 5. The Morgan fingerprint density at radius 2 is 1.97 bits per heavy atom. The van der Waals surface area contributed by atoms with Crippen molar-refractivity contribution in [2.24, 2.45) is 0 Å². The molecule has 3 heterocycles. The van der Waals surface area contributed by atoms with Crippen LogP contribution in [0.15, 0.2) is 85.2 Å². The number of pyridine rings is 1. The second kappa shape index (κ2) is 9.40. The number of hydrogen-bond donors (Lipinski definition) is 2. The maximum Gasteiger partial charge on any atom is 0.337 e. The van der Waals surface area contributed by atoms with Gasteiger partial charge >= 0.3 is 5.97 Å². The molecular weight excluding hydrogens is 484 g/mol. The van der Waals surface area contributed by atoms with E-state index in [4.69, 9.17) is 28.6 Å². The summed E-state index contributed by atoms with van der Waals surface area (Å²) in [5.41, 5.74) is 3.36. The molecule has 1 aliphatic rings. The molecule has 0 amide bonds. The fourth-order valence-corrected chi connectivity index (χ4v) is 4.88. The van der Waals surface area contributed by atoms with E-state index in [-0.39, 0.29) is 11.8 Å². The topological polar surface area (TPSA) is 79.6 Å². The van der Waals surface area contributed by atoms with Gasteiger partial charge in [-0.25, -0.2) is 4.79 Å². The summed E-state index contributed by atoms with van der Waals surface area (Å²) in [6.07, 6.45) is 3.65. The van der Waals surface area contributed by atoms with Gasteiger partial charge in [-0.05, 0) is 72.9 Å². The molecule has 2 atom stereocenters. The lowest BCUT2D eigenvalue weighted by atomic mass is 10.0. The molecule has 35 heavy (non-hydrogen) atoms. The number of esters is 1. The van der Waals surface area contributed by atoms with Gasteiger partial charge in [0.25, 0.3) is 0 Å². The van der Waals surface area contributed by atoms with Crippen molar-refractivity contribution < 1.29 is 14.6 Å². The number of nitrogens with zero attached hydrogens (tertiary/aromatic N) is 3. The third-order valence-corrected chi connectivity index (χ3v) is 6.47. The van der Waals surface area contributed by atoms with E-state index in [9.17, 15) is 9.90 Å². The molecule has 0 aliphatic carbocycles. The molecule has 5 rings (SSSR count). The summed E-state index contributed by atoms with van der Waals surface area (Å²) in [5, 5.41) is 15.0. The Morgan fingerprint density at radius 1 is 1.11 bits per heavy atom. The van der Waals surface area contributed by atoms with Gasteiger partial charge in [0.2, 0.25) is 0 Å². The van der Waals surface area contributed by atoms with Crippen molar-refractivity contribution in [3.63, 3.8) is 0 Å². The molecule has 9 heteroatoms. The molecule has 0 bridgehead atoms. The van der Waals surface area contributed by atoms with Crippen molar-refractivity contribution >= 4 is 40.6 Å². The predicted octanol–water partition coefficient (Wildman–Crippen LogP) is 5.20. The largest absolute Gasteiger partial charge is 0.506 e. The van der Waals surface area contributed by atoms with Crippen LogP contribution in [0, 0.1) is 0 Å². The first-order valence-electron chi connectivity index (χ1n) is 10.8. The number of aromatic nitrogens is 2. The molecule has 2 aromatic carbocycles. The summed E-state index contributed by atoms with van der Waals surface area (Å²) in [5.74, 6) is -0.364. The standard InChI is InChI=1S/C26H21ClN4O3S/c1-34-25(33)16-6-4-7-18(14-16)30-13-5-9-20(30)24-23(19-8-2-3-12-28-19)29-26(35)31(24)21-15-17(27)10-11-22(21)32/h2-15,23-24,32H,1H3,(H,29,35)/t23-,24+/m1/s1. The maximum atomic E-state index is 12.1. The van der Waals surface area contributed by atoms with E-state index in [2.05, 4.69) is 10.3 Å². The number of carbonyl (C=O) groups excluding carboxylic acids is 1. The van der Waals surface area contributed by atoms with Crippen LogP contribution >= 0.6 is 23.8 Å². The van der Waals surface area contributed by atoms with E-state index in [1.807, 2.05) is 52.1 Å². The predicted molar refractivity (Wildman–Crippen MR) is 138 cm³/mol. The number of nitrogens with one attached hydrogen (secondary N) is 1. The average Bonchev–Trinajstić information content (AvgIpc) is 3.50. The zero-order valence-electron chi connectivity index (χ0n) is 18.6. The number of carbonyl (C=O) groups is 1. The third kappa shape index (κ3) is 4.22. The van der Waals surface area contributed by atoms with Gasteiger partial charge in [-0.3, -0.25) is 4.98 Å². The van der Waals surface area contributed by atoms with E-state index in [0.29, 0.717) is 21.4 Å². The van der Waals surface area contributed by atoms with Crippen molar-refractivity contribution in [2.75, 3.05) is 12.0 Å². The van der Waals surface area contributed by atoms with E-state index < -0.39 is 12.0 Å². The molecule has 0 unspecified atom stereocenters. The molecule has 2 aromatic heterocycles. The minimum Gasteiger partial charge on any atom is -0.506 e. The molecule has 4 aromatic rings. The van der Waals surface area contributed by atoms with Gasteiger partial charge in [-0.1, -0.05) is 23.7 Å². The van der Waals surface area contributed by atoms with Crippen LogP contribution in [0.3, 0.4) is 0 Å². The zero-order chi connectivity index (χ0) is 24.5. The van der Waals surface area contributed by atoms with E-state index in [0.717, 1.165) is 17.1 Å². The molecule has 2 N–H and O–H groups in total. The minimum absolute atomic E-state index is 0.0519. The maximum absolute atomic E-state index is 12.1. The highest BCUT2D eigenvalue weighted by Crippen LogP contribution is 2.45. The fourth-order valence-electron chi connectivity index (χ4n) is 4.38. The monoisotopic (exact) mass is 504 g/mol. The Kier molecular flexibility index (Phi) is 6.15. The summed E-state index contributed by atoms with van der Waals surface area (Å²) in [6, 6.07) is 20.9. The third-order valence-electron chi connectivity index (χ3n) is 5.92. The van der Waals surface area contributed by atoms with Crippen LogP contribution in [-0.4, -0.2) is 32.8 Å². The lowest BCUT2D eigenvalue weighted by Crippen LogP contribution is -2.30. The molecule has 7 nitrogen and oxygen atoms in total. The van der Waals surface area contributed by atoms with Crippen LogP contribution < -0.4 is 10.2 Å². The van der Waals surface area contributed by atoms with Crippen LogP contribution in [0.1, 0.15) is 33.8 Å². The summed E-state index contributed by atoms with van der Waals surface area (Å²) in [6.45, 7) is 0. The van der Waals surface area contributed by atoms with Crippen LogP contribution in [0.2, 0.25) is 5.02 Å². The Bertz CT molecular complexity index is 1410. The summed E-state index contributed by atoms with van der Waals surface area (Å²) < 4.78 is 6.88. The van der Waals surface area contributed by atoms with Crippen molar-refractivity contribution in [1.82, 2.24) is 14.9 Å². The molecule has 1 saturated heterocycles. The lowest BCUT2D eigenvalue weighted by molar-refractivity contribution is 0.0600. The number of methoxy groups -OCH3 is 1. The number of phenolic OH excluding ortho intramolecular Hbond substituents is 1. The van der Waals surface area contributed by atoms with Crippen LogP contribution in [0.4, 0.5) is 5.69 Å². The van der Waals surface area contributed by atoms with Gasteiger partial charge in [0, 0.05) is 28.8 Å². The summed E-state index contributed by atoms with van der Waals surface area (Å²) in [4.78, 5) is 18.6. The van der Waals surface area contributed by atoms with Crippen molar-refractivity contribution in [1.29, 1.82) is 0 Å². The minimum atomic E-state index is -0.416.